The van der Waals surface area contributed by atoms with Crippen molar-refractivity contribution in [2.24, 2.45) is 4.99 Å². The molecule has 138 valence electrons. The van der Waals surface area contributed by atoms with Crippen molar-refractivity contribution in [3.8, 4) is 5.75 Å². The summed E-state index contributed by atoms with van der Waals surface area (Å²) in [5.41, 5.74) is 2.43. The second-order valence-corrected chi connectivity index (χ2v) is 7.99. The van der Waals surface area contributed by atoms with Gasteiger partial charge in [0.2, 0.25) is 5.90 Å². The molecule has 1 heterocycles. The molecule has 0 fully saturated rings. The van der Waals surface area contributed by atoms with E-state index in [9.17, 15) is 4.79 Å². The maximum absolute atomic E-state index is 12.2. The molecule has 0 atom stereocenters. The molecule has 0 saturated carbocycles. The van der Waals surface area contributed by atoms with Crippen LogP contribution in [0.25, 0.3) is 6.08 Å². The van der Waals surface area contributed by atoms with Crippen LogP contribution in [0.2, 0.25) is 5.02 Å². The number of nitrogens with zero attached hydrogens (tertiary/aromatic N) is 1. The van der Waals surface area contributed by atoms with Gasteiger partial charge < -0.3 is 9.47 Å². The first kappa shape index (κ1) is 19.9. The Balaban J connectivity index is 1.91. The van der Waals surface area contributed by atoms with Crippen LogP contribution in [0.15, 0.2) is 68.2 Å². The van der Waals surface area contributed by atoms with Gasteiger partial charge in [0.25, 0.3) is 0 Å². The van der Waals surface area contributed by atoms with Crippen molar-refractivity contribution in [3.63, 3.8) is 0 Å². The molecule has 0 bridgehead atoms. The van der Waals surface area contributed by atoms with E-state index in [0.717, 1.165) is 20.1 Å². The third kappa shape index (κ3) is 4.69. The fourth-order valence-electron chi connectivity index (χ4n) is 2.31. The first-order valence-corrected chi connectivity index (χ1v) is 9.85. The normalized spacial score (nSPS) is 14.9. The molecule has 4 nitrogen and oxygen atoms in total. The summed E-state index contributed by atoms with van der Waals surface area (Å²) in [6.45, 7) is 6.12. The third-order valence-electron chi connectivity index (χ3n) is 3.51. The lowest BCUT2D eigenvalue weighted by Gasteiger charge is -2.11. The molecule has 0 N–H and O–H groups in total. The molecule has 0 aromatic heterocycles. The molecule has 0 radical (unpaired) electrons. The molecule has 2 aromatic carbocycles. The summed E-state index contributed by atoms with van der Waals surface area (Å²) in [7, 11) is 0. The van der Waals surface area contributed by atoms with Crippen LogP contribution in [-0.4, -0.2) is 18.5 Å². The van der Waals surface area contributed by atoms with Crippen molar-refractivity contribution in [2.45, 2.75) is 6.92 Å². The van der Waals surface area contributed by atoms with Gasteiger partial charge in [-0.05, 0) is 80.3 Å². The highest BCUT2D eigenvalue weighted by Gasteiger charge is 2.25. The lowest BCUT2D eigenvalue weighted by atomic mass is 10.2. The number of hydrogen-bond donors (Lipinski definition) is 0. The van der Waals surface area contributed by atoms with Gasteiger partial charge in [0, 0.05) is 0 Å². The quantitative estimate of drug-likeness (QED) is 0.274. The summed E-state index contributed by atoms with van der Waals surface area (Å²) in [5, 5.41) is 0.467. The Bertz CT molecular complexity index is 975. The van der Waals surface area contributed by atoms with Crippen LogP contribution in [-0.2, 0) is 9.53 Å². The number of benzene rings is 2. The average Bonchev–Trinajstić information content (AvgIpc) is 2.94. The van der Waals surface area contributed by atoms with Gasteiger partial charge in [0.1, 0.15) is 12.4 Å². The Morgan fingerprint density at radius 2 is 1.96 bits per heavy atom. The van der Waals surface area contributed by atoms with Crippen LogP contribution in [0, 0.1) is 0 Å². The predicted octanol–water partition coefficient (Wildman–Crippen LogP) is 6.16. The number of ether oxygens (including phenoxy) is 2. The first-order valence-electron chi connectivity index (χ1n) is 7.89. The average molecular weight is 512 g/mol. The highest BCUT2D eigenvalue weighted by Crippen LogP contribution is 2.36. The molecule has 27 heavy (non-hydrogen) atoms. The fraction of sp³-hybridized carbons (Fsp3) is 0.100. The Hall–Kier alpha value is -1.89. The SMILES string of the molecule is C=C(C)COc1c(Br)cc(/C=C2\N=C(c3ccccc3Cl)OC2=O)cc1Br. The Morgan fingerprint density at radius 3 is 2.59 bits per heavy atom. The van der Waals surface area contributed by atoms with E-state index in [0.29, 0.717) is 22.9 Å². The molecule has 0 amide bonds. The summed E-state index contributed by atoms with van der Waals surface area (Å²) >= 11 is 13.1. The molecule has 1 aliphatic heterocycles. The van der Waals surface area contributed by atoms with E-state index in [1.807, 2.05) is 19.1 Å². The van der Waals surface area contributed by atoms with Crippen LogP contribution >= 0.6 is 43.5 Å². The molecule has 0 unspecified atom stereocenters. The zero-order valence-electron chi connectivity index (χ0n) is 14.3. The van der Waals surface area contributed by atoms with Gasteiger partial charge in [-0.15, -0.1) is 0 Å². The van der Waals surface area contributed by atoms with E-state index in [4.69, 9.17) is 21.1 Å². The van der Waals surface area contributed by atoms with E-state index in [-0.39, 0.29) is 11.6 Å². The molecule has 0 aliphatic carbocycles. The number of aliphatic imine (C=N–C) groups is 1. The topological polar surface area (TPSA) is 47.9 Å². The highest BCUT2D eigenvalue weighted by atomic mass is 79.9. The van der Waals surface area contributed by atoms with Crippen LogP contribution in [0.5, 0.6) is 5.75 Å². The minimum Gasteiger partial charge on any atom is -0.487 e. The van der Waals surface area contributed by atoms with Gasteiger partial charge >= 0.3 is 5.97 Å². The number of cyclic esters (lactones) is 1. The van der Waals surface area contributed by atoms with Gasteiger partial charge in [-0.2, -0.15) is 0 Å². The van der Waals surface area contributed by atoms with Crippen molar-refractivity contribution in [1.29, 1.82) is 0 Å². The van der Waals surface area contributed by atoms with Crippen LogP contribution in [0.3, 0.4) is 0 Å². The van der Waals surface area contributed by atoms with Gasteiger partial charge in [-0.3, -0.25) is 0 Å². The zero-order chi connectivity index (χ0) is 19.6. The molecule has 1 aliphatic rings. The molecular formula is C20H14Br2ClNO3. The zero-order valence-corrected chi connectivity index (χ0v) is 18.2. The number of hydrogen-bond acceptors (Lipinski definition) is 4. The first-order chi connectivity index (χ1) is 12.8. The van der Waals surface area contributed by atoms with Crippen molar-refractivity contribution < 1.29 is 14.3 Å². The summed E-state index contributed by atoms with van der Waals surface area (Å²) in [6, 6.07) is 10.7. The van der Waals surface area contributed by atoms with Crippen LogP contribution < -0.4 is 4.74 Å². The molecule has 2 aromatic rings. The molecule has 0 spiro atoms. The third-order valence-corrected chi connectivity index (χ3v) is 5.02. The largest absolute Gasteiger partial charge is 0.487 e. The van der Waals surface area contributed by atoms with Crippen molar-refractivity contribution >= 4 is 61.4 Å². The van der Waals surface area contributed by atoms with E-state index >= 15 is 0 Å². The van der Waals surface area contributed by atoms with Gasteiger partial charge in [0.15, 0.2) is 5.70 Å². The van der Waals surface area contributed by atoms with Gasteiger partial charge in [-0.1, -0.05) is 30.3 Å². The Labute approximate surface area is 178 Å². The minimum absolute atomic E-state index is 0.191. The number of esters is 1. The molecule has 0 saturated heterocycles. The van der Waals surface area contributed by atoms with E-state index < -0.39 is 5.97 Å². The van der Waals surface area contributed by atoms with Crippen LogP contribution in [0.1, 0.15) is 18.1 Å². The molecule has 7 heteroatoms. The summed E-state index contributed by atoms with van der Waals surface area (Å²) < 4.78 is 12.5. The fourth-order valence-corrected chi connectivity index (χ4v) is 3.98. The van der Waals surface area contributed by atoms with E-state index in [2.05, 4.69) is 43.4 Å². The number of carbonyl (C=O) groups excluding carboxylic acids is 1. The maximum Gasteiger partial charge on any atom is 0.363 e. The number of rotatable bonds is 5. The van der Waals surface area contributed by atoms with Gasteiger partial charge in [-0.25, -0.2) is 9.79 Å². The number of carbonyl (C=O) groups is 1. The van der Waals surface area contributed by atoms with E-state index in [1.54, 1.807) is 30.3 Å². The van der Waals surface area contributed by atoms with Crippen molar-refractivity contribution in [2.75, 3.05) is 6.61 Å². The van der Waals surface area contributed by atoms with Crippen molar-refractivity contribution in [3.05, 3.63) is 79.3 Å². The lowest BCUT2D eigenvalue weighted by Crippen LogP contribution is -2.05. The highest BCUT2D eigenvalue weighted by molar-refractivity contribution is 9.11. The van der Waals surface area contributed by atoms with E-state index in [1.165, 1.54) is 0 Å². The standard InChI is InChI=1S/C20H14Br2ClNO3/c1-11(2)10-26-18-14(21)7-12(8-15(18)22)9-17-20(25)27-19(24-17)13-5-3-4-6-16(13)23/h3-9H,1,10H2,2H3/b17-9-. The predicted molar refractivity (Wildman–Crippen MR) is 114 cm³/mol. The van der Waals surface area contributed by atoms with Gasteiger partial charge in [0.05, 0.1) is 19.5 Å². The second-order valence-electron chi connectivity index (χ2n) is 5.88. The Morgan fingerprint density at radius 1 is 1.30 bits per heavy atom. The monoisotopic (exact) mass is 509 g/mol. The smallest absolute Gasteiger partial charge is 0.363 e. The van der Waals surface area contributed by atoms with Crippen molar-refractivity contribution in [1.82, 2.24) is 0 Å². The molecule has 3 rings (SSSR count). The molecular weight excluding hydrogens is 497 g/mol. The lowest BCUT2D eigenvalue weighted by molar-refractivity contribution is -0.129. The second kappa shape index (κ2) is 8.42. The summed E-state index contributed by atoms with van der Waals surface area (Å²) in [5.74, 6) is 0.325. The summed E-state index contributed by atoms with van der Waals surface area (Å²) in [4.78, 5) is 16.5. The maximum atomic E-state index is 12.2. The Kier molecular flexibility index (Phi) is 6.19. The minimum atomic E-state index is -0.528. The summed E-state index contributed by atoms with van der Waals surface area (Å²) in [6.07, 6.45) is 1.64. The van der Waals surface area contributed by atoms with Crippen LogP contribution in [0.4, 0.5) is 0 Å². The number of halogens is 3.